The predicted molar refractivity (Wildman–Crippen MR) is 151 cm³/mol. The normalized spacial score (nSPS) is 11.1. The summed E-state index contributed by atoms with van der Waals surface area (Å²) in [6.45, 7) is 2.45. The number of hydrogen-bond acceptors (Lipinski definition) is 4. The van der Waals surface area contributed by atoms with Crippen LogP contribution in [0.2, 0.25) is 0 Å². The summed E-state index contributed by atoms with van der Waals surface area (Å²) in [4.78, 5) is 27.0. The lowest BCUT2D eigenvalue weighted by Crippen LogP contribution is -2.30. The molecule has 7 heteroatoms. The molecule has 4 rings (SSSR count). The maximum absolute atomic E-state index is 14.0. The quantitative estimate of drug-likeness (QED) is 0.174. The molecule has 2 N–H and O–H groups in total. The van der Waals surface area contributed by atoms with E-state index in [1.54, 1.807) is 66.7 Å². The molecule has 0 radical (unpaired) electrons. The Morgan fingerprint density at radius 3 is 2.37 bits per heavy atom. The highest BCUT2D eigenvalue weighted by Gasteiger charge is 2.15. The summed E-state index contributed by atoms with van der Waals surface area (Å²) < 4.78 is 19.5. The average molecular weight is 527 g/mol. The zero-order valence-electron chi connectivity index (χ0n) is 20.8. The summed E-state index contributed by atoms with van der Waals surface area (Å²) in [5.41, 5.74) is 2.41. The maximum atomic E-state index is 14.0. The highest BCUT2D eigenvalue weighted by atomic mass is 32.2. The summed E-state index contributed by atoms with van der Waals surface area (Å²) in [6.07, 6.45) is 1.61. The fourth-order valence-corrected chi connectivity index (χ4v) is 4.52. The third kappa shape index (κ3) is 7.57. The molecule has 38 heavy (non-hydrogen) atoms. The van der Waals surface area contributed by atoms with E-state index in [2.05, 4.69) is 10.6 Å². The van der Waals surface area contributed by atoms with Gasteiger partial charge in [-0.05, 0) is 72.7 Å². The Bertz CT molecular complexity index is 1420. The zero-order chi connectivity index (χ0) is 26.7. The Kier molecular flexibility index (Phi) is 9.32. The summed E-state index contributed by atoms with van der Waals surface area (Å²) in [7, 11) is 0. The van der Waals surface area contributed by atoms with Gasteiger partial charge in [-0.15, -0.1) is 11.8 Å². The largest absolute Gasteiger partial charge is 0.494 e. The van der Waals surface area contributed by atoms with Gasteiger partial charge in [0, 0.05) is 21.9 Å². The van der Waals surface area contributed by atoms with E-state index in [1.807, 2.05) is 43.3 Å². The third-order valence-electron chi connectivity index (χ3n) is 5.47. The minimum atomic E-state index is -0.473. The molecule has 4 aromatic rings. The van der Waals surface area contributed by atoms with Gasteiger partial charge in [-0.25, -0.2) is 4.39 Å². The molecular weight excluding hydrogens is 499 g/mol. The first-order valence-corrected chi connectivity index (χ1v) is 13.1. The van der Waals surface area contributed by atoms with E-state index in [0.717, 1.165) is 10.5 Å². The van der Waals surface area contributed by atoms with Gasteiger partial charge in [0.1, 0.15) is 17.3 Å². The summed E-state index contributed by atoms with van der Waals surface area (Å²) in [5, 5.41) is 5.61. The number of ether oxygens (including phenoxy) is 1. The van der Waals surface area contributed by atoms with Gasteiger partial charge in [0.25, 0.3) is 11.8 Å². The third-order valence-corrected chi connectivity index (χ3v) is 6.52. The molecule has 0 saturated carbocycles. The number of benzene rings is 4. The number of hydrogen-bond donors (Lipinski definition) is 2. The van der Waals surface area contributed by atoms with E-state index < -0.39 is 11.8 Å². The molecule has 0 unspecified atom stereocenters. The van der Waals surface area contributed by atoms with Crippen LogP contribution < -0.4 is 15.4 Å². The molecule has 0 spiro atoms. The van der Waals surface area contributed by atoms with Crippen LogP contribution in [0.5, 0.6) is 5.75 Å². The van der Waals surface area contributed by atoms with Crippen molar-refractivity contribution in [3.63, 3.8) is 0 Å². The molecule has 4 aromatic carbocycles. The first kappa shape index (κ1) is 26.7. The summed E-state index contributed by atoms with van der Waals surface area (Å²) >= 11 is 1.47. The van der Waals surface area contributed by atoms with Crippen molar-refractivity contribution in [3.8, 4) is 5.75 Å². The summed E-state index contributed by atoms with van der Waals surface area (Å²) in [6, 6.07) is 29.9. The van der Waals surface area contributed by atoms with Crippen LogP contribution >= 0.6 is 11.8 Å². The smallest absolute Gasteiger partial charge is 0.272 e. The molecular formula is C31H27FN2O3S. The van der Waals surface area contributed by atoms with Crippen molar-refractivity contribution in [1.82, 2.24) is 5.32 Å². The molecule has 0 aliphatic heterocycles. The molecule has 0 aliphatic rings. The van der Waals surface area contributed by atoms with E-state index in [0.29, 0.717) is 34.9 Å². The second kappa shape index (κ2) is 13.3. The van der Waals surface area contributed by atoms with Gasteiger partial charge in [0.05, 0.1) is 6.61 Å². The SMILES string of the molecule is CCOc1ccc(/C=C(/NC(=O)c2ccccc2)C(=O)Nc2cccc(SCc3ccccc3F)c2)cc1. The van der Waals surface area contributed by atoms with Gasteiger partial charge in [-0.2, -0.15) is 0 Å². The molecule has 0 aromatic heterocycles. The standard InChI is InChI=1S/C31H27FN2O3S/c1-2-37-26-17-15-22(16-18-26)19-29(34-30(35)23-9-4-3-5-10-23)31(36)33-25-12-8-13-27(20-25)38-21-24-11-6-7-14-28(24)32/h3-20H,2,21H2,1H3,(H,33,36)(H,34,35)/b29-19+. The van der Waals surface area contributed by atoms with Gasteiger partial charge in [-0.3, -0.25) is 9.59 Å². The Morgan fingerprint density at radius 2 is 1.63 bits per heavy atom. The van der Waals surface area contributed by atoms with E-state index >= 15 is 0 Å². The van der Waals surface area contributed by atoms with Gasteiger partial charge in [-0.1, -0.05) is 54.6 Å². The Hall–Kier alpha value is -4.36. The van der Waals surface area contributed by atoms with Crippen LogP contribution in [0.4, 0.5) is 10.1 Å². The second-order valence-electron chi connectivity index (χ2n) is 8.24. The van der Waals surface area contributed by atoms with E-state index in [-0.39, 0.29) is 11.5 Å². The lowest BCUT2D eigenvalue weighted by Gasteiger charge is -2.12. The zero-order valence-corrected chi connectivity index (χ0v) is 21.6. The first-order valence-electron chi connectivity index (χ1n) is 12.1. The van der Waals surface area contributed by atoms with Crippen LogP contribution in [-0.2, 0) is 10.5 Å². The highest BCUT2D eigenvalue weighted by Crippen LogP contribution is 2.26. The topological polar surface area (TPSA) is 67.4 Å². The second-order valence-corrected chi connectivity index (χ2v) is 9.29. The predicted octanol–water partition coefficient (Wildman–Crippen LogP) is 6.93. The molecule has 0 heterocycles. The van der Waals surface area contributed by atoms with Crippen LogP contribution in [0.1, 0.15) is 28.4 Å². The number of rotatable bonds is 10. The molecule has 5 nitrogen and oxygen atoms in total. The van der Waals surface area contributed by atoms with Crippen LogP contribution in [0.25, 0.3) is 6.08 Å². The number of carbonyl (C=O) groups is 2. The van der Waals surface area contributed by atoms with Crippen LogP contribution in [0.3, 0.4) is 0 Å². The van der Waals surface area contributed by atoms with Gasteiger partial charge < -0.3 is 15.4 Å². The van der Waals surface area contributed by atoms with E-state index in [4.69, 9.17) is 4.74 Å². The van der Waals surface area contributed by atoms with Crippen LogP contribution in [0, 0.1) is 5.82 Å². The van der Waals surface area contributed by atoms with Crippen molar-refractivity contribution in [2.24, 2.45) is 0 Å². The number of carbonyl (C=O) groups excluding carboxylic acids is 2. The Labute approximate surface area is 225 Å². The van der Waals surface area contributed by atoms with Gasteiger partial charge in [0.2, 0.25) is 0 Å². The number of anilines is 1. The average Bonchev–Trinajstić information content (AvgIpc) is 2.94. The lowest BCUT2D eigenvalue weighted by atomic mass is 10.1. The fourth-order valence-electron chi connectivity index (χ4n) is 3.57. The monoisotopic (exact) mass is 526 g/mol. The fraction of sp³-hybridized carbons (Fsp3) is 0.0968. The van der Waals surface area contributed by atoms with Crippen LogP contribution in [0.15, 0.2) is 114 Å². The molecule has 0 atom stereocenters. The van der Waals surface area contributed by atoms with Crippen molar-refractivity contribution >= 4 is 35.3 Å². The van der Waals surface area contributed by atoms with Crippen molar-refractivity contribution < 1.29 is 18.7 Å². The number of amides is 2. The van der Waals surface area contributed by atoms with Crippen molar-refractivity contribution in [2.45, 2.75) is 17.6 Å². The van der Waals surface area contributed by atoms with Gasteiger partial charge in [0.15, 0.2) is 0 Å². The molecule has 0 bridgehead atoms. The number of thioether (sulfide) groups is 1. The molecule has 0 fully saturated rings. The van der Waals surface area contributed by atoms with Crippen LogP contribution in [-0.4, -0.2) is 18.4 Å². The maximum Gasteiger partial charge on any atom is 0.272 e. The minimum Gasteiger partial charge on any atom is -0.494 e. The molecule has 0 aliphatic carbocycles. The number of nitrogens with one attached hydrogen (secondary N) is 2. The first-order chi connectivity index (χ1) is 18.5. The highest BCUT2D eigenvalue weighted by molar-refractivity contribution is 7.98. The number of halogens is 1. The van der Waals surface area contributed by atoms with Crippen molar-refractivity contribution in [1.29, 1.82) is 0 Å². The minimum absolute atomic E-state index is 0.0902. The van der Waals surface area contributed by atoms with E-state index in [1.165, 1.54) is 17.8 Å². The molecule has 0 saturated heterocycles. The lowest BCUT2D eigenvalue weighted by molar-refractivity contribution is -0.113. The molecule has 192 valence electrons. The van der Waals surface area contributed by atoms with Crippen molar-refractivity contribution in [3.05, 3.63) is 131 Å². The van der Waals surface area contributed by atoms with Gasteiger partial charge >= 0.3 is 0 Å². The summed E-state index contributed by atoms with van der Waals surface area (Å²) in [5.74, 6) is 0.0583. The van der Waals surface area contributed by atoms with E-state index in [9.17, 15) is 14.0 Å². The van der Waals surface area contributed by atoms with Crippen molar-refractivity contribution in [2.75, 3.05) is 11.9 Å². The Morgan fingerprint density at radius 1 is 0.895 bits per heavy atom. The molecule has 2 amide bonds. The Balaban J connectivity index is 1.52.